The number of hydrogen-bond donors (Lipinski definition) is 1. The smallest absolute Gasteiger partial charge is 0.424 e. The van der Waals surface area contributed by atoms with Crippen LogP contribution in [0.3, 0.4) is 0 Å². The first-order valence-electron chi connectivity index (χ1n) is 7.54. The molecule has 0 atom stereocenters. The van der Waals surface area contributed by atoms with Crippen molar-refractivity contribution in [3.05, 3.63) is 39.4 Å². The maximum absolute atomic E-state index is 11.7. The summed E-state index contributed by atoms with van der Waals surface area (Å²) >= 11 is 0. The van der Waals surface area contributed by atoms with Crippen LogP contribution in [0.4, 0.5) is 10.5 Å². The Morgan fingerprint density at radius 3 is 2.46 bits per heavy atom. The molecule has 0 spiro atoms. The summed E-state index contributed by atoms with van der Waals surface area (Å²) in [6.07, 6.45) is 0.440. The molecule has 0 radical (unpaired) electrons. The molecule has 0 aliphatic heterocycles. The van der Waals surface area contributed by atoms with Crippen LogP contribution in [0.2, 0.25) is 0 Å². The molecule has 1 aromatic rings. The number of nitrogens with zero attached hydrogens (tertiary/aromatic N) is 2. The van der Waals surface area contributed by atoms with Crippen molar-refractivity contribution >= 4 is 17.6 Å². The fraction of sp³-hybridized carbons (Fsp3) is 0.500. The van der Waals surface area contributed by atoms with Crippen LogP contribution in [0.25, 0.3) is 0 Å². The summed E-state index contributed by atoms with van der Waals surface area (Å²) < 4.78 is 5.14. The van der Waals surface area contributed by atoms with Gasteiger partial charge >= 0.3 is 6.09 Å². The first-order valence-corrected chi connectivity index (χ1v) is 7.54. The predicted octanol–water partition coefficient (Wildman–Crippen LogP) is 2.84. The molecule has 0 bridgehead atoms. The third-order valence-electron chi connectivity index (χ3n) is 3.13. The lowest BCUT2D eigenvalue weighted by Gasteiger charge is -2.24. The maximum atomic E-state index is 11.7. The van der Waals surface area contributed by atoms with E-state index in [1.807, 2.05) is 0 Å². The number of carbonyl (C=O) groups is 2. The zero-order valence-corrected chi connectivity index (χ0v) is 14.4. The third kappa shape index (κ3) is 5.96. The Hall–Kier alpha value is -2.48. The van der Waals surface area contributed by atoms with Crippen LogP contribution >= 0.6 is 0 Å². The molecular weight excluding hydrogens is 314 g/mol. The van der Waals surface area contributed by atoms with Crippen LogP contribution < -0.4 is 5.84 Å². The second-order valence-corrected chi connectivity index (χ2v) is 6.44. The van der Waals surface area contributed by atoms with E-state index in [1.54, 1.807) is 26.8 Å². The van der Waals surface area contributed by atoms with Gasteiger partial charge in [0.15, 0.2) is 5.78 Å². The van der Waals surface area contributed by atoms with Crippen molar-refractivity contribution in [3.63, 3.8) is 0 Å². The molecule has 0 aliphatic carbocycles. The molecule has 0 fully saturated rings. The van der Waals surface area contributed by atoms with Gasteiger partial charge < -0.3 is 4.74 Å². The minimum absolute atomic E-state index is 0.0780. The number of ether oxygens (including phenoxy) is 1. The SMILES string of the molecule is CC(=O)c1cc(CCCN(N)C(=O)OC(C)(C)C)ccc1[N+](=O)[O-]. The monoisotopic (exact) mass is 337 g/mol. The number of Topliss-reactive ketones (excluding diaryl/α,β-unsaturated/α-hetero) is 1. The van der Waals surface area contributed by atoms with Crippen molar-refractivity contribution in [2.24, 2.45) is 5.84 Å². The van der Waals surface area contributed by atoms with Gasteiger partial charge in [-0.2, -0.15) is 0 Å². The highest BCUT2D eigenvalue weighted by Gasteiger charge is 2.20. The van der Waals surface area contributed by atoms with E-state index in [0.29, 0.717) is 12.8 Å². The molecular formula is C16H23N3O5. The maximum Gasteiger partial charge on any atom is 0.424 e. The zero-order valence-electron chi connectivity index (χ0n) is 14.4. The number of ketones is 1. The van der Waals surface area contributed by atoms with Gasteiger partial charge in [-0.25, -0.2) is 15.6 Å². The molecule has 0 aliphatic rings. The lowest BCUT2D eigenvalue weighted by atomic mass is 10.0. The van der Waals surface area contributed by atoms with E-state index < -0.39 is 16.6 Å². The molecule has 0 saturated carbocycles. The predicted molar refractivity (Wildman–Crippen MR) is 88.5 cm³/mol. The highest BCUT2D eigenvalue weighted by Crippen LogP contribution is 2.21. The third-order valence-corrected chi connectivity index (χ3v) is 3.13. The van der Waals surface area contributed by atoms with Gasteiger partial charge in [-0.05, 0) is 52.2 Å². The normalized spacial score (nSPS) is 11.0. The summed E-state index contributed by atoms with van der Waals surface area (Å²) in [6.45, 7) is 6.80. The van der Waals surface area contributed by atoms with Gasteiger partial charge in [0.05, 0.1) is 10.5 Å². The highest BCUT2D eigenvalue weighted by molar-refractivity contribution is 5.98. The lowest BCUT2D eigenvalue weighted by Crippen LogP contribution is -2.42. The molecule has 0 aromatic heterocycles. The highest BCUT2D eigenvalue weighted by atomic mass is 16.6. The molecule has 1 aromatic carbocycles. The topological polar surface area (TPSA) is 116 Å². The van der Waals surface area contributed by atoms with Crippen LogP contribution in [-0.2, 0) is 11.2 Å². The summed E-state index contributed by atoms with van der Waals surface area (Å²) in [7, 11) is 0. The van der Waals surface area contributed by atoms with E-state index in [9.17, 15) is 19.7 Å². The standard InChI is InChI=1S/C16H23N3O5/c1-11(20)13-10-12(7-8-14(13)19(22)23)6-5-9-18(17)15(21)24-16(2,3)4/h7-8,10H,5-6,9,17H2,1-4H3. The van der Waals surface area contributed by atoms with E-state index in [-0.39, 0.29) is 23.6 Å². The van der Waals surface area contributed by atoms with Gasteiger partial charge in [-0.1, -0.05) is 6.07 Å². The number of amides is 1. The Morgan fingerprint density at radius 1 is 1.33 bits per heavy atom. The number of rotatable bonds is 6. The van der Waals surface area contributed by atoms with E-state index in [1.165, 1.54) is 19.1 Å². The second kappa shape index (κ2) is 7.87. The largest absolute Gasteiger partial charge is 0.443 e. The van der Waals surface area contributed by atoms with Gasteiger partial charge in [0, 0.05) is 12.6 Å². The minimum Gasteiger partial charge on any atom is -0.443 e. The zero-order chi connectivity index (χ0) is 18.5. The van der Waals surface area contributed by atoms with Gasteiger partial charge in [0.25, 0.3) is 5.69 Å². The fourth-order valence-corrected chi connectivity index (χ4v) is 2.05. The van der Waals surface area contributed by atoms with E-state index in [4.69, 9.17) is 10.6 Å². The van der Waals surface area contributed by atoms with Crippen LogP contribution in [0, 0.1) is 10.1 Å². The number of aryl methyl sites for hydroxylation is 1. The fourth-order valence-electron chi connectivity index (χ4n) is 2.05. The van der Waals surface area contributed by atoms with Crippen LogP contribution in [0.5, 0.6) is 0 Å². The molecule has 8 nitrogen and oxygen atoms in total. The quantitative estimate of drug-likeness (QED) is 0.280. The van der Waals surface area contributed by atoms with Crippen LogP contribution in [0.15, 0.2) is 18.2 Å². The summed E-state index contributed by atoms with van der Waals surface area (Å²) in [5.74, 6) is 5.28. The average Bonchev–Trinajstić information content (AvgIpc) is 2.44. The molecule has 1 rings (SSSR count). The Bertz CT molecular complexity index is 637. The molecule has 1 amide bonds. The number of nitro benzene ring substituents is 1. The van der Waals surface area contributed by atoms with Gasteiger partial charge in [-0.3, -0.25) is 14.9 Å². The van der Waals surface area contributed by atoms with Crippen molar-refractivity contribution in [2.75, 3.05) is 6.54 Å². The number of carbonyl (C=O) groups excluding carboxylic acids is 2. The van der Waals surface area contributed by atoms with Crippen LogP contribution in [-0.4, -0.2) is 34.0 Å². The second-order valence-electron chi connectivity index (χ2n) is 6.44. The number of nitrogens with two attached hydrogens (primary N) is 1. The molecule has 0 unspecified atom stereocenters. The van der Waals surface area contributed by atoms with Crippen molar-refractivity contribution in [1.82, 2.24) is 5.01 Å². The minimum atomic E-state index is -0.622. The van der Waals surface area contributed by atoms with E-state index in [2.05, 4.69) is 0 Å². The molecule has 132 valence electrons. The van der Waals surface area contributed by atoms with Gasteiger partial charge in [0.2, 0.25) is 0 Å². The number of hydrogen-bond acceptors (Lipinski definition) is 6. The number of nitro groups is 1. The van der Waals surface area contributed by atoms with Crippen molar-refractivity contribution in [3.8, 4) is 0 Å². The Morgan fingerprint density at radius 2 is 1.96 bits per heavy atom. The summed E-state index contributed by atoms with van der Waals surface area (Å²) in [5, 5.41) is 11.9. The Balaban J connectivity index is 2.65. The van der Waals surface area contributed by atoms with Crippen molar-refractivity contribution < 1.29 is 19.2 Å². The lowest BCUT2D eigenvalue weighted by molar-refractivity contribution is -0.385. The molecule has 0 saturated heterocycles. The summed E-state index contributed by atoms with van der Waals surface area (Å²) in [5.41, 5.74) is 0.0156. The molecule has 24 heavy (non-hydrogen) atoms. The first kappa shape index (κ1) is 19.6. The Kier molecular flexibility index (Phi) is 6.42. The summed E-state index contributed by atoms with van der Waals surface area (Å²) in [6, 6.07) is 4.42. The van der Waals surface area contributed by atoms with Gasteiger partial charge in [-0.15, -0.1) is 0 Å². The van der Waals surface area contributed by atoms with Crippen molar-refractivity contribution in [1.29, 1.82) is 0 Å². The first-order chi connectivity index (χ1) is 11.0. The number of benzene rings is 1. The molecule has 0 heterocycles. The van der Waals surface area contributed by atoms with Crippen molar-refractivity contribution in [2.45, 2.75) is 46.1 Å². The van der Waals surface area contributed by atoms with Gasteiger partial charge in [0.1, 0.15) is 5.60 Å². The molecule has 8 heteroatoms. The van der Waals surface area contributed by atoms with E-state index >= 15 is 0 Å². The van der Waals surface area contributed by atoms with E-state index in [0.717, 1.165) is 10.6 Å². The molecule has 2 N–H and O–H groups in total. The average molecular weight is 337 g/mol. The van der Waals surface area contributed by atoms with Crippen LogP contribution in [0.1, 0.15) is 50.0 Å². The Labute approximate surface area is 140 Å². The number of hydrazine groups is 1. The summed E-state index contributed by atoms with van der Waals surface area (Å²) in [4.78, 5) is 33.6.